The quantitative estimate of drug-likeness (QED) is 0.662. The zero-order valence-electron chi connectivity index (χ0n) is 8.67. The maximum atomic E-state index is 5.83. The van der Waals surface area contributed by atoms with Crippen molar-refractivity contribution in [2.45, 2.75) is 38.7 Å². The van der Waals surface area contributed by atoms with Gasteiger partial charge in [0.1, 0.15) is 0 Å². The van der Waals surface area contributed by atoms with Crippen LogP contribution in [0.1, 0.15) is 32.6 Å². The first-order chi connectivity index (χ1) is 6.38. The van der Waals surface area contributed by atoms with Gasteiger partial charge in [-0.1, -0.05) is 6.92 Å². The molecule has 3 unspecified atom stereocenters. The Kier molecular flexibility index (Phi) is 3.23. The van der Waals surface area contributed by atoms with Crippen molar-refractivity contribution in [3.63, 3.8) is 0 Å². The second kappa shape index (κ2) is 4.43. The Balaban J connectivity index is 1.80. The third-order valence-electron chi connectivity index (χ3n) is 3.22. The molecule has 0 saturated carbocycles. The second-order valence-corrected chi connectivity index (χ2v) is 4.50. The lowest BCUT2D eigenvalue weighted by Crippen LogP contribution is -2.47. The summed E-state index contributed by atoms with van der Waals surface area (Å²) in [7, 11) is 0. The maximum absolute atomic E-state index is 5.83. The van der Waals surface area contributed by atoms with Crippen LogP contribution in [-0.2, 0) is 4.74 Å². The van der Waals surface area contributed by atoms with Crippen molar-refractivity contribution in [3.05, 3.63) is 0 Å². The van der Waals surface area contributed by atoms with Crippen LogP contribution in [0, 0.1) is 5.92 Å². The lowest BCUT2D eigenvalue weighted by Gasteiger charge is -2.41. The third-order valence-corrected chi connectivity index (χ3v) is 3.22. The van der Waals surface area contributed by atoms with Crippen molar-refractivity contribution >= 4 is 0 Å². The summed E-state index contributed by atoms with van der Waals surface area (Å²) in [5.74, 6) is 0.935. The standard InChI is InChI=1S/C11H21NO/c1-2-6-13-11-7-10-4-3-5-12(8-10)9-11/h10-11H,2-9H2,1H3. The molecule has 0 aromatic rings. The topological polar surface area (TPSA) is 12.5 Å². The molecule has 2 bridgehead atoms. The Bertz CT molecular complexity index is 148. The summed E-state index contributed by atoms with van der Waals surface area (Å²) >= 11 is 0. The van der Waals surface area contributed by atoms with Gasteiger partial charge in [-0.15, -0.1) is 0 Å². The van der Waals surface area contributed by atoms with E-state index in [0.717, 1.165) is 18.9 Å². The lowest BCUT2D eigenvalue weighted by atomic mass is 9.88. The van der Waals surface area contributed by atoms with E-state index in [0.29, 0.717) is 6.10 Å². The zero-order chi connectivity index (χ0) is 9.10. The van der Waals surface area contributed by atoms with Gasteiger partial charge in [0.05, 0.1) is 6.10 Å². The second-order valence-electron chi connectivity index (χ2n) is 4.50. The van der Waals surface area contributed by atoms with Gasteiger partial charge in [-0.05, 0) is 38.1 Å². The highest BCUT2D eigenvalue weighted by Gasteiger charge is 2.30. The Labute approximate surface area is 81.3 Å². The Morgan fingerprint density at radius 3 is 3.08 bits per heavy atom. The molecule has 0 aliphatic carbocycles. The fourth-order valence-electron chi connectivity index (χ4n) is 2.65. The van der Waals surface area contributed by atoms with Crippen molar-refractivity contribution in [3.8, 4) is 0 Å². The summed E-state index contributed by atoms with van der Waals surface area (Å²) in [4.78, 5) is 2.58. The average Bonchev–Trinajstić information content (AvgIpc) is 2.14. The van der Waals surface area contributed by atoms with E-state index in [1.165, 1.54) is 38.9 Å². The van der Waals surface area contributed by atoms with Gasteiger partial charge in [0, 0.05) is 19.7 Å². The molecule has 2 nitrogen and oxygen atoms in total. The van der Waals surface area contributed by atoms with Crippen LogP contribution in [0.5, 0.6) is 0 Å². The minimum atomic E-state index is 0.541. The largest absolute Gasteiger partial charge is 0.377 e. The van der Waals surface area contributed by atoms with E-state index >= 15 is 0 Å². The van der Waals surface area contributed by atoms with Crippen LogP contribution in [0.3, 0.4) is 0 Å². The predicted octanol–water partition coefficient (Wildman–Crippen LogP) is 1.90. The van der Waals surface area contributed by atoms with Crippen LogP contribution in [0.15, 0.2) is 0 Å². The molecule has 0 spiro atoms. The molecule has 2 saturated heterocycles. The highest BCUT2D eigenvalue weighted by Crippen LogP contribution is 2.27. The number of nitrogens with zero attached hydrogens (tertiary/aromatic N) is 1. The Morgan fingerprint density at radius 2 is 2.31 bits per heavy atom. The SMILES string of the molecule is CCCOC1CC2CCCN(C2)C1. The van der Waals surface area contributed by atoms with Crippen molar-refractivity contribution in [2.24, 2.45) is 5.92 Å². The summed E-state index contributed by atoms with van der Waals surface area (Å²) in [5, 5.41) is 0. The summed E-state index contributed by atoms with van der Waals surface area (Å²) < 4.78 is 5.83. The molecule has 2 fully saturated rings. The van der Waals surface area contributed by atoms with E-state index in [2.05, 4.69) is 11.8 Å². The summed E-state index contributed by atoms with van der Waals surface area (Å²) in [6.45, 7) is 6.97. The van der Waals surface area contributed by atoms with Gasteiger partial charge in [-0.2, -0.15) is 0 Å². The molecule has 0 aromatic heterocycles. The zero-order valence-corrected chi connectivity index (χ0v) is 8.67. The molecule has 13 heavy (non-hydrogen) atoms. The van der Waals surface area contributed by atoms with Gasteiger partial charge in [0.15, 0.2) is 0 Å². The number of piperidine rings is 2. The van der Waals surface area contributed by atoms with Crippen molar-refractivity contribution in [1.29, 1.82) is 0 Å². The molecule has 2 aliphatic heterocycles. The van der Waals surface area contributed by atoms with Gasteiger partial charge in [0.25, 0.3) is 0 Å². The van der Waals surface area contributed by atoms with E-state index in [1.807, 2.05) is 0 Å². The van der Waals surface area contributed by atoms with Crippen LogP contribution in [-0.4, -0.2) is 37.2 Å². The van der Waals surface area contributed by atoms with Gasteiger partial charge in [-0.3, -0.25) is 0 Å². The number of hydrogen-bond donors (Lipinski definition) is 0. The van der Waals surface area contributed by atoms with Crippen LogP contribution in [0.2, 0.25) is 0 Å². The summed E-state index contributed by atoms with van der Waals surface area (Å²) in [6, 6.07) is 0. The number of fused-ring (bicyclic) bond motifs is 2. The molecule has 2 heterocycles. The first-order valence-electron chi connectivity index (χ1n) is 5.72. The molecule has 0 N–H and O–H groups in total. The maximum Gasteiger partial charge on any atom is 0.0705 e. The lowest BCUT2D eigenvalue weighted by molar-refractivity contribution is -0.0336. The molecule has 2 aliphatic rings. The molecule has 0 aromatic carbocycles. The highest BCUT2D eigenvalue weighted by atomic mass is 16.5. The number of rotatable bonds is 3. The van der Waals surface area contributed by atoms with E-state index < -0.39 is 0 Å². The molecular weight excluding hydrogens is 162 g/mol. The van der Waals surface area contributed by atoms with Crippen molar-refractivity contribution < 1.29 is 4.74 Å². The normalized spacial score (nSPS) is 39.0. The van der Waals surface area contributed by atoms with Crippen LogP contribution in [0.25, 0.3) is 0 Å². The van der Waals surface area contributed by atoms with Crippen molar-refractivity contribution in [1.82, 2.24) is 4.90 Å². The summed E-state index contributed by atoms with van der Waals surface area (Å²) in [5.41, 5.74) is 0. The number of hydrogen-bond acceptors (Lipinski definition) is 2. The van der Waals surface area contributed by atoms with Crippen LogP contribution >= 0.6 is 0 Å². The van der Waals surface area contributed by atoms with Crippen molar-refractivity contribution in [2.75, 3.05) is 26.2 Å². The fourth-order valence-corrected chi connectivity index (χ4v) is 2.65. The predicted molar refractivity (Wildman–Crippen MR) is 53.8 cm³/mol. The van der Waals surface area contributed by atoms with Gasteiger partial charge < -0.3 is 9.64 Å². The van der Waals surface area contributed by atoms with E-state index in [4.69, 9.17) is 4.74 Å². The molecule has 76 valence electrons. The molecule has 3 atom stereocenters. The van der Waals surface area contributed by atoms with Gasteiger partial charge in [-0.25, -0.2) is 0 Å². The minimum absolute atomic E-state index is 0.541. The highest BCUT2D eigenvalue weighted by molar-refractivity contribution is 4.83. The molecular formula is C11H21NO. The molecule has 0 amide bonds. The average molecular weight is 183 g/mol. The molecule has 0 radical (unpaired) electrons. The fraction of sp³-hybridized carbons (Fsp3) is 1.00. The first kappa shape index (κ1) is 9.47. The van der Waals surface area contributed by atoms with E-state index in [9.17, 15) is 0 Å². The van der Waals surface area contributed by atoms with Gasteiger partial charge in [0.2, 0.25) is 0 Å². The smallest absolute Gasteiger partial charge is 0.0705 e. The van der Waals surface area contributed by atoms with E-state index in [-0.39, 0.29) is 0 Å². The molecule has 2 rings (SSSR count). The first-order valence-corrected chi connectivity index (χ1v) is 5.72. The minimum Gasteiger partial charge on any atom is -0.377 e. The molecule has 2 heteroatoms. The van der Waals surface area contributed by atoms with Gasteiger partial charge >= 0.3 is 0 Å². The monoisotopic (exact) mass is 183 g/mol. The third kappa shape index (κ3) is 2.44. The Hall–Kier alpha value is -0.0800. The van der Waals surface area contributed by atoms with E-state index in [1.54, 1.807) is 0 Å². The van der Waals surface area contributed by atoms with Crippen LogP contribution < -0.4 is 0 Å². The Morgan fingerprint density at radius 1 is 1.38 bits per heavy atom. The van der Waals surface area contributed by atoms with Crippen LogP contribution in [0.4, 0.5) is 0 Å². The summed E-state index contributed by atoms with van der Waals surface area (Å²) in [6.07, 6.45) is 5.85. The number of ether oxygens (including phenoxy) is 1.